The van der Waals surface area contributed by atoms with E-state index in [1.807, 2.05) is 18.2 Å². The van der Waals surface area contributed by atoms with Gasteiger partial charge in [-0.1, -0.05) is 11.6 Å². The SMILES string of the molecule is N#Cc1ccc(OC2CC3CCC(C2)N3C(=O)c2ccc(N3CCN(CCN4CCN(c5ccc6c(c5)C(=O)N(C5CCC(=O)NC5=O)C6=O)CC4)CC3)cc2)cc1Cl. The zero-order chi connectivity index (χ0) is 40.8. The van der Waals surface area contributed by atoms with Crippen molar-refractivity contribution in [2.75, 3.05) is 75.2 Å². The molecule has 1 N–H and O–H groups in total. The van der Waals surface area contributed by atoms with Crippen LogP contribution in [0.4, 0.5) is 11.4 Å². The average molecular weight is 819 g/mol. The van der Waals surface area contributed by atoms with E-state index < -0.39 is 29.7 Å². The van der Waals surface area contributed by atoms with Gasteiger partial charge in [0, 0.05) is 120 Å². The molecule has 3 aromatic rings. The summed E-state index contributed by atoms with van der Waals surface area (Å²) in [6.07, 6.45) is 3.73. The van der Waals surface area contributed by atoms with Crippen molar-refractivity contribution in [3.8, 4) is 11.8 Å². The number of imide groups is 2. The van der Waals surface area contributed by atoms with Crippen molar-refractivity contribution in [2.45, 2.75) is 62.8 Å². The van der Waals surface area contributed by atoms with Gasteiger partial charge in [0.15, 0.2) is 0 Å². The number of carbonyl (C=O) groups excluding carboxylic acids is 5. The average Bonchev–Trinajstić information content (AvgIpc) is 3.66. The number of piperazine rings is 2. The molecule has 0 saturated carbocycles. The second kappa shape index (κ2) is 16.3. The lowest BCUT2D eigenvalue weighted by Crippen LogP contribution is -2.54. The molecule has 0 spiro atoms. The minimum Gasteiger partial charge on any atom is -0.490 e. The first kappa shape index (κ1) is 39.0. The lowest BCUT2D eigenvalue weighted by Gasteiger charge is -2.39. The number of carbonyl (C=O) groups is 5. The fourth-order valence-corrected chi connectivity index (χ4v) is 9.98. The van der Waals surface area contributed by atoms with Crippen molar-refractivity contribution in [1.29, 1.82) is 5.26 Å². The Kier molecular flexibility index (Phi) is 10.8. The molecule has 3 atom stereocenters. The molecule has 59 heavy (non-hydrogen) atoms. The van der Waals surface area contributed by atoms with Crippen LogP contribution in [0.5, 0.6) is 5.75 Å². The Labute approximate surface area is 348 Å². The van der Waals surface area contributed by atoms with Crippen LogP contribution in [0, 0.1) is 11.3 Å². The largest absolute Gasteiger partial charge is 0.490 e. The van der Waals surface area contributed by atoms with Crippen molar-refractivity contribution in [2.24, 2.45) is 0 Å². The third-order valence-electron chi connectivity index (χ3n) is 13.0. The lowest BCUT2D eigenvalue weighted by atomic mass is 9.98. The third-order valence-corrected chi connectivity index (χ3v) is 13.3. The number of ether oxygens (including phenoxy) is 1. The van der Waals surface area contributed by atoms with Gasteiger partial charge in [0.05, 0.1) is 21.7 Å². The summed E-state index contributed by atoms with van der Waals surface area (Å²) in [5.74, 6) is -1.22. The van der Waals surface area contributed by atoms with Crippen molar-refractivity contribution in [3.05, 3.63) is 87.9 Å². The Morgan fingerprint density at radius 3 is 1.97 bits per heavy atom. The summed E-state index contributed by atoms with van der Waals surface area (Å²) < 4.78 is 6.27. The van der Waals surface area contributed by atoms with E-state index in [4.69, 9.17) is 16.3 Å². The Hall–Kier alpha value is -5.49. The van der Waals surface area contributed by atoms with E-state index >= 15 is 0 Å². The number of anilines is 2. The third kappa shape index (κ3) is 7.75. The van der Waals surface area contributed by atoms with E-state index in [2.05, 4.69) is 48.0 Å². The van der Waals surface area contributed by atoms with Crippen LogP contribution in [0.25, 0.3) is 0 Å². The summed E-state index contributed by atoms with van der Waals surface area (Å²) in [6, 6.07) is 20.0. The van der Waals surface area contributed by atoms with E-state index in [1.54, 1.807) is 30.3 Å². The fraction of sp³-hybridized carbons (Fsp3) is 0.455. The number of hydrogen-bond donors (Lipinski definition) is 1. The Balaban J connectivity index is 0.711. The molecule has 0 radical (unpaired) electrons. The number of hydrogen-bond acceptors (Lipinski definition) is 11. The number of amides is 5. The van der Waals surface area contributed by atoms with Gasteiger partial charge in [-0.15, -0.1) is 0 Å². The van der Waals surface area contributed by atoms with E-state index in [1.165, 1.54) is 0 Å². The van der Waals surface area contributed by atoms with Crippen molar-refractivity contribution in [3.63, 3.8) is 0 Å². The summed E-state index contributed by atoms with van der Waals surface area (Å²) in [6.45, 7) is 9.10. The monoisotopic (exact) mass is 818 g/mol. The highest BCUT2D eigenvalue weighted by molar-refractivity contribution is 6.31. The zero-order valence-corrected chi connectivity index (χ0v) is 33.6. The minimum absolute atomic E-state index is 0.000923. The predicted molar refractivity (Wildman–Crippen MR) is 220 cm³/mol. The molecule has 2 bridgehead atoms. The Morgan fingerprint density at radius 1 is 0.746 bits per heavy atom. The van der Waals surface area contributed by atoms with E-state index in [9.17, 15) is 29.2 Å². The number of halogens is 1. The Bertz CT molecular complexity index is 2200. The molecule has 6 aliphatic heterocycles. The molecule has 5 saturated heterocycles. The second-order valence-electron chi connectivity index (χ2n) is 16.4. The summed E-state index contributed by atoms with van der Waals surface area (Å²) in [4.78, 5) is 77.0. The van der Waals surface area contributed by atoms with Gasteiger partial charge in [0.2, 0.25) is 11.8 Å². The molecule has 6 aliphatic rings. The van der Waals surface area contributed by atoms with Crippen LogP contribution in [-0.2, 0) is 9.59 Å². The predicted octanol–water partition coefficient (Wildman–Crippen LogP) is 3.77. The van der Waals surface area contributed by atoms with Gasteiger partial charge in [-0.3, -0.25) is 44.0 Å². The van der Waals surface area contributed by atoms with E-state index in [-0.39, 0.29) is 36.9 Å². The van der Waals surface area contributed by atoms with Gasteiger partial charge in [-0.25, -0.2) is 0 Å². The van der Waals surface area contributed by atoms with E-state index in [0.29, 0.717) is 27.5 Å². The highest BCUT2D eigenvalue weighted by atomic mass is 35.5. The molecule has 5 amide bonds. The van der Waals surface area contributed by atoms with Crippen molar-refractivity contribution >= 4 is 52.5 Å². The molecule has 14 nitrogen and oxygen atoms in total. The van der Waals surface area contributed by atoms with Crippen LogP contribution >= 0.6 is 11.6 Å². The van der Waals surface area contributed by atoms with Gasteiger partial charge >= 0.3 is 0 Å². The summed E-state index contributed by atoms with van der Waals surface area (Å²) >= 11 is 6.22. The van der Waals surface area contributed by atoms with Gasteiger partial charge < -0.3 is 19.4 Å². The molecule has 0 aliphatic carbocycles. The molecule has 3 aromatic carbocycles. The molecule has 3 unspecified atom stereocenters. The number of piperidine rings is 2. The van der Waals surface area contributed by atoms with Crippen LogP contribution in [0.3, 0.4) is 0 Å². The molecular formula is C44H47ClN8O6. The molecule has 0 aromatic heterocycles. The van der Waals surface area contributed by atoms with Crippen LogP contribution < -0.4 is 19.9 Å². The van der Waals surface area contributed by atoms with Crippen molar-refractivity contribution in [1.82, 2.24) is 24.9 Å². The molecule has 5 fully saturated rings. The first-order valence-corrected chi connectivity index (χ1v) is 21.1. The number of nitriles is 1. The maximum absolute atomic E-state index is 13.8. The van der Waals surface area contributed by atoms with Gasteiger partial charge in [0.25, 0.3) is 17.7 Å². The van der Waals surface area contributed by atoms with Gasteiger partial charge in [-0.2, -0.15) is 5.26 Å². The zero-order valence-electron chi connectivity index (χ0n) is 32.9. The number of fused-ring (bicyclic) bond motifs is 3. The molecule has 9 rings (SSSR count). The Morgan fingerprint density at radius 2 is 1.36 bits per heavy atom. The first-order valence-electron chi connectivity index (χ1n) is 20.7. The quantitative estimate of drug-likeness (QED) is 0.315. The molecule has 306 valence electrons. The van der Waals surface area contributed by atoms with Gasteiger partial charge in [-0.05, 0) is 73.9 Å². The highest BCUT2D eigenvalue weighted by Gasteiger charge is 2.46. The highest BCUT2D eigenvalue weighted by Crippen LogP contribution is 2.39. The topological polar surface area (TPSA) is 150 Å². The number of rotatable bonds is 9. The minimum atomic E-state index is -0.971. The van der Waals surface area contributed by atoms with Crippen LogP contribution in [0.2, 0.25) is 5.02 Å². The van der Waals surface area contributed by atoms with Crippen LogP contribution in [0.15, 0.2) is 60.7 Å². The summed E-state index contributed by atoms with van der Waals surface area (Å²) in [7, 11) is 0. The van der Waals surface area contributed by atoms with Gasteiger partial charge in [0.1, 0.15) is 24.0 Å². The summed E-state index contributed by atoms with van der Waals surface area (Å²) in [5.41, 5.74) is 3.77. The van der Waals surface area contributed by atoms with Crippen LogP contribution in [0.1, 0.15) is 75.2 Å². The standard InChI is InChI=1S/C44H47ClN8O6/c45-38-26-34(9-3-29(38)27-46)59-35-23-32-6-7-33(24-35)52(32)42(56)28-1-4-30(5-2-28)50-19-15-48(16-20-50)13-14-49-17-21-51(22-18-49)31-8-10-36-37(25-31)44(58)53(43(36)57)39-11-12-40(54)47-41(39)55/h1-5,8-10,25-26,32-33,35,39H,6-7,11-24H2,(H,47,54,55). The maximum Gasteiger partial charge on any atom is 0.262 e. The smallest absolute Gasteiger partial charge is 0.262 e. The number of benzene rings is 3. The fourth-order valence-electron chi connectivity index (χ4n) is 9.77. The molecular weight excluding hydrogens is 772 g/mol. The molecule has 15 heteroatoms. The summed E-state index contributed by atoms with van der Waals surface area (Å²) in [5, 5.41) is 11.8. The maximum atomic E-state index is 13.8. The number of nitrogens with one attached hydrogen (secondary N) is 1. The first-order chi connectivity index (χ1) is 28.6. The second-order valence-corrected chi connectivity index (χ2v) is 16.9. The van der Waals surface area contributed by atoms with E-state index in [0.717, 1.165) is 113 Å². The lowest BCUT2D eigenvalue weighted by molar-refractivity contribution is -0.136. The van der Waals surface area contributed by atoms with Crippen molar-refractivity contribution < 1.29 is 28.7 Å². The molecule has 6 heterocycles. The number of nitrogens with zero attached hydrogens (tertiary/aromatic N) is 7. The van der Waals surface area contributed by atoms with Crippen LogP contribution in [-0.4, -0.2) is 139 Å². The normalized spacial score (nSPS) is 24.9.